The van der Waals surface area contributed by atoms with E-state index in [9.17, 15) is 28.1 Å². The Bertz CT molecular complexity index is 881. The van der Waals surface area contributed by atoms with Gasteiger partial charge in [0, 0.05) is 25.4 Å². The minimum Gasteiger partial charge on any atom is -0.454 e. The van der Waals surface area contributed by atoms with Crippen molar-refractivity contribution in [2.24, 2.45) is 0 Å². The smallest absolute Gasteiger partial charge is 0.325 e. The summed E-state index contributed by atoms with van der Waals surface area (Å²) >= 11 is 0. The highest BCUT2D eigenvalue weighted by Crippen LogP contribution is 2.27. The largest absolute Gasteiger partial charge is 0.454 e. The zero-order valence-corrected chi connectivity index (χ0v) is 16.7. The van der Waals surface area contributed by atoms with Crippen LogP contribution in [0.4, 0.5) is 11.4 Å². The lowest BCUT2D eigenvalue weighted by molar-refractivity contribution is -0.384. The number of nitrogens with zero attached hydrogens (tertiary/aromatic N) is 2. The lowest BCUT2D eigenvalue weighted by atomic mass is 10.2. The lowest BCUT2D eigenvalue weighted by Crippen LogP contribution is -2.36. The number of nitro groups is 1. The van der Waals surface area contributed by atoms with E-state index in [0.717, 1.165) is 17.9 Å². The summed E-state index contributed by atoms with van der Waals surface area (Å²) in [5, 5.41) is 13.7. The number of sulfone groups is 1. The molecule has 0 fully saturated rings. The summed E-state index contributed by atoms with van der Waals surface area (Å²) in [7, 11) is -3.62. The molecule has 0 aliphatic carbocycles. The number of amides is 1. The fourth-order valence-electron chi connectivity index (χ4n) is 2.20. The Balaban J connectivity index is 2.71. The van der Waals surface area contributed by atoms with Crippen LogP contribution in [0.15, 0.2) is 35.2 Å². The average molecular weight is 413 g/mol. The van der Waals surface area contributed by atoms with Crippen molar-refractivity contribution in [1.29, 1.82) is 0 Å². The van der Waals surface area contributed by atoms with Crippen LogP contribution in [0.2, 0.25) is 0 Å². The van der Waals surface area contributed by atoms with Crippen LogP contribution in [0.1, 0.15) is 13.8 Å². The molecule has 1 N–H and O–H groups in total. The molecule has 0 unspecified atom stereocenters. The van der Waals surface area contributed by atoms with E-state index in [0.29, 0.717) is 13.1 Å². The van der Waals surface area contributed by atoms with Crippen molar-refractivity contribution >= 4 is 33.1 Å². The van der Waals surface area contributed by atoms with Crippen molar-refractivity contribution in [1.82, 2.24) is 4.90 Å². The SMILES string of the molecule is C=C(C)CN(CC)C(=O)COC(=O)CNc1ccc(S(C)(=O)=O)cc1[N+](=O)[O-]. The van der Waals surface area contributed by atoms with Gasteiger partial charge in [-0.3, -0.25) is 19.7 Å². The number of ether oxygens (including phenoxy) is 1. The van der Waals surface area contributed by atoms with Gasteiger partial charge in [-0.2, -0.15) is 0 Å². The molecule has 28 heavy (non-hydrogen) atoms. The molecule has 1 aromatic rings. The predicted molar refractivity (Wildman–Crippen MR) is 103 cm³/mol. The summed E-state index contributed by atoms with van der Waals surface area (Å²) < 4.78 is 27.9. The molecular formula is C17H23N3O7S. The molecule has 1 rings (SSSR count). The monoisotopic (exact) mass is 413 g/mol. The lowest BCUT2D eigenvalue weighted by Gasteiger charge is -2.20. The molecule has 0 heterocycles. The Hall–Kier alpha value is -2.95. The predicted octanol–water partition coefficient (Wildman–Crippen LogP) is 1.38. The fraction of sp³-hybridized carbons (Fsp3) is 0.412. The van der Waals surface area contributed by atoms with Gasteiger partial charge in [0.1, 0.15) is 12.2 Å². The third-order valence-corrected chi connectivity index (χ3v) is 4.68. The van der Waals surface area contributed by atoms with Crippen LogP contribution in [0.5, 0.6) is 0 Å². The van der Waals surface area contributed by atoms with Gasteiger partial charge >= 0.3 is 5.97 Å². The van der Waals surface area contributed by atoms with Crippen LogP contribution in [0.25, 0.3) is 0 Å². The molecule has 0 saturated carbocycles. The Labute approximate surface area is 163 Å². The van der Waals surface area contributed by atoms with E-state index in [1.54, 1.807) is 13.8 Å². The standard InChI is InChI=1S/C17H23N3O7S/c1-5-19(10-12(2)3)16(21)11-27-17(22)9-18-14-7-6-13(28(4,25)26)8-15(14)20(23)24/h6-8,18H,2,5,9-11H2,1,3-4H3. The highest BCUT2D eigenvalue weighted by atomic mass is 32.2. The number of esters is 1. The molecule has 154 valence electrons. The first-order chi connectivity index (χ1) is 13.0. The van der Waals surface area contributed by atoms with Crippen molar-refractivity contribution in [3.63, 3.8) is 0 Å². The Kier molecular flexibility index (Phi) is 8.11. The van der Waals surface area contributed by atoms with Gasteiger partial charge < -0.3 is 15.0 Å². The number of nitro benzene ring substituents is 1. The minimum absolute atomic E-state index is 0.0434. The zero-order valence-electron chi connectivity index (χ0n) is 15.9. The highest BCUT2D eigenvalue weighted by molar-refractivity contribution is 7.90. The molecule has 0 spiro atoms. The molecule has 0 saturated heterocycles. The van der Waals surface area contributed by atoms with Crippen molar-refractivity contribution in [3.8, 4) is 0 Å². The van der Waals surface area contributed by atoms with E-state index in [1.807, 2.05) is 0 Å². The van der Waals surface area contributed by atoms with Crippen molar-refractivity contribution in [2.45, 2.75) is 18.7 Å². The molecule has 0 aliphatic rings. The minimum atomic E-state index is -3.62. The first-order valence-electron chi connectivity index (χ1n) is 8.25. The maximum Gasteiger partial charge on any atom is 0.325 e. The fourth-order valence-corrected chi connectivity index (χ4v) is 2.84. The summed E-state index contributed by atoms with van der Waals surface area (Å²) in [6.45, 7) is 7.16. The number of benzene rings is 1. The molecular weight excluding hydrogens is 390 g/mol. The normalized spacial score (nSPS) is 10.8. The summed E-state index contributed by atoms with van der Waals surface area (Å²) in [6, 6.07) is 3.29. The highest BCUT2D eigenvalue weighted by Gasteiger charge is 2.20. The first kappa shape index (κ1) is 23.1. The number of carbonyl (C=O) groups excluding carboxylic acids is 2. The van der Waals surface area contributed by atoms with Crippen LogP contribution >= 0.6 is 0 Å². The average Bonchev–Trinajstić information content (AvgIpc) is 2.61. The van der Waals surface area contributed by atoms with E-state index in [-0.39, 0.29) is 16.5 Å². The van der Waals surface area contributed by atoms with Crippen molar-refractivity contribution in [2.75, 3.05) is 37.8 Å². The molecule has 0 atom stereocenters. The molecule has 0 bridgehead atoms. The summed E-state index contributed by atoms with van der Waals surface area (Å²) in [4.78, 5) is 35.5. The molecule has 0 radical (unpaired) electrons. The third-order valence-electron chi connectivity index (χ3n) is 3.57. The molecule has 0 aromatic heterocycles. The Morgan fingerprint density at radius 2 is 2.00 bits per heavy atom. The second-order valence-corrected chi connectivity index (χ2v) is 8.10. The summed E-state index contributed by atoms with van der Waals surface area (Å²) in [5.74, 6) is -1.18. The van der Waals surface area contributed by atoms with Gasteiger partial charge in [-0.1, -0.05) is 12.2 Å². The number of hydrogen-bond donors (Lipinski definition) is 1. The zero-order chi connectivity index (χ0) is 21.5. The number of nitrogens with one attached hydrogen (secondary N) is 1. The van der Waals surface area contributed by atoms with Crippen LogP contribution in [-0.4, -0.2) is 62.6 Å². The maximum absolute atomic E-state index is 12.0. The van der Waals surface area contributed by atoms with E-state index < -0.39 is 39.6 Å². The van der Waals surface area contributed by atoms with E-state index in [1.165, 1.54) is 17.0 Å². The summed E-state index contributed by atoms with van der Waals surface area (Å²) in [5.41, 5.74) is 0.247. The second kappa shape index (κ2) is 9.83. The van der Waals surface area contributed by atoms with Gasteiger partial charge in [0.2, 0.25) is 0 Å². The number of rotatable bonds is 10. The quantitative estimate of drug-likeness (QED) is 0.263. The third kappa shape index (κ3) is 6.99. The van der Waals surface area contributed by atoms with Crippen LogP contribution in [0.3, 0.4) is 0 Å². The molecule has 10 nitrogen and oxygen atoms in total. The Morgan fingerprint density at radius 1 is 1.36 bits per heavy atom. The van der Waals surface area contributed by atoms with Crippen LogP contribution in [-0.2, 0) is 24.2 Å². The molecule has 0 aliphatic heterocycles. The van der Waals surface area contributed by atoms with Crippen molar-refractivity contribution < 1.29 is 27.7 Å². The van der Waals surface area contributed by atoms with Gasteiger partial charge in [0.05, 0.1) is 9.82 Å². The van der Waals surface area contributed by atoms with Crippen molar-refractivity contribution in [3.05, 3.63) is 40.5 Å². The topological polar surface area (TPSA) is 136 Å². The van der Waals surface area contributed by atoms with Gasteiger partial charge in [0.25, 0.3) is 11.6 Å². The van der Waals surface area contributed by atoms with Gasteiger partial charge in [-0.25, -0.2) is 8.42 Å². The Morgan fingerprint density at radius 3 is 2.50 bits per heavy atom. The first-order valence-corrected chi connectivity index (χ1v) is 10.1. The van der Waals surface area contributed by atoms with E-state index in [4.69, 9.17) is 4.74 Å². The number of anilines is 1. The van der Waals surface area contributed by atoms with E-state index in [2.05, 4.69) is 11.9 Å². The molecule has 11 heteroatoms. The van der Waals surface area contributed by atoms with Crippen LogP contribution < -0.4 is 5.32 Å². The number of likely N-dealkylation sites (N-methyl/N-ethyl adjacent to an activating group) is 1. The molecule has 1 aromatic carbocycles. The van der Waals surface area contributed by atoms with E-state index >= 15 is 0 Å². The van der Waals surface area contributed by atoms with Crippen LogP contribution in [0, 0.1) is 10.1 Å². The van der Waals surface area contributed by atoms with Gasteiger partial charge in [0.15, 0.2) is 16.4 Å². The summed E-state index contributed by atoms with van der Waals surface area (Å²) in [6.07, 6.45) is 0.932. The molecule has 1 amide bonds. The second-order valence-electron chi connectivity index (χ2n) is 6.09. The van der Waals surface area contributed by atoms with Gasteiger partial charge in [-0.05, 0) is 26.0 Å². The maximum atomic E-state index is 12.0. The van der Waals surface area contributed by atoms with Gasteiger partial charge in [-0.15, -0.1) is 0 Å². The number of hydrogen-bond acceptors (Lipinski definition) is 8. The number of carbonyl (C=O) groups is 2.